The lowest BCUT2D eigenvalue weighted by Crippen LogP contribution is -2.31. The first-order chi connectivity index (χ1) is 9.99. The summed E-state index contributed by atoms with van der Waals surface area (Å²) in [6, 6.07) is 12.8. The number of nitrogens with zero attached hydrogens (tertiary/aromatic N) is 1. The number of halogens is 1. The van der Waals surface area contributed by atoms with Crippen molar-refractivity contribution in [3.05, 3.63) is 59.1 Å². The van der Waals surface area contributed by atoms with Crippen molar-refractivity contribution in [2.75, 3.05) is 17.3 Å². The quantitative estimate of drug-likeness (QED) is 0.908. The minimum atomic E-state index is -1.13. The Balaban J connectivity index is 2.24. The zero-order valence-electron chi connectivity index (χ0n) is 11.2. The van der Waals surface area contributed by atoms with Crippen molar-refractivity contribution in [1.29, 1.82) is 0 Å². The minimum absolute atomic E-state index is 0.0192. The number of nitrogens with one attached hydrogen (secondary N) is 1. The summed E-state index contributed by atoms with van der Waals surface area (Å²) in [7, 11) is 1.59. The molecule has 0 spiro atoms. The van der Waals surface area contributed by atoms with Crippen molar-refractivity contribution >= 4 is 35.0 Å². The molecule has 0 atom stereocenters. The monoisotopic (exact) mass is 304 g/mol. The van der Waals surface area contributed by atoms with E-state index in [-0.39, 0.29) is 11.3 Å². The molecule has 0 fully saturated rings. The van der Waals surface area contributed by atoms with Crippen molar-refractivity contribution in [3.8, 4) is 0 Å². The molecule has 5 nitrogen and oxygen atoms in total. The van der Waals surface area contributed by atoms with Gasteiger partial charge in [0.05, 0.1) is 11.3 Å². The first-order valence-electron chi connectivity index (χ1n) is 6.11. The average molecular weight is 305 g/mol. The van der Waals surface area contributed by atoms with Crippen LogP contribution in [-0.4, -0.2) is 24.2 Å². The molecule has 2 aromatic carbocycles. The topological polar surface area (TPSA) is 69.6 Å². The smallest absolute Gasteiger partial charge is 0.337 e. The van der Waals surface area contributed by atoms with E-state index in [1.807, 2.05) is 6.07 Å². The standard InChI is InChI=1S/C15H13ClN2O3/c1-18(11-5-3-2-4-6-11)15(21)17-13-9-10(16)7-8-12(13)14(19)20/h2-9H,1H3,(H,17,21)(H,19,20). The summed E-state index contributed by atoms with van der Waals surface area (Å²) in [5.41, 5.74) is 0.825. The van der Waals surface area contributed by atoms with Gasteiger partial charge in [-0.2, -0.15) is 0 Å². The van der Waals surface area contributed by atoms with Crippen molar-refractivity contribution in [2.24, 2.45) is 0 Å². The Morgan fingerprint density at radius 3 is 2.43 bits per heavy atom. The number of benzene rings is 2. The fraction of sp³-hybridized carbons (Fsp3) is 0.0667. The third kappa shape index (κ3) is 3.52. The van der Waals surface area contributed by atoms with Gasteiger partial charge in [-0.25, -0.2) is 9.59 Å². The van der Waals surface area contributed by atoms with Crippen molar-refractivity contribution < 1.29 is 14.7 Å². The lowest BCUT2D eigenvalue weighted by molar-refractivity contribution is 0.0698. The van der Waals surface area contributed by atoms with Crippen LogP contribution in [0.5, 0.6) is 0 Å². The van der Waals surface area contributed by atoms with Crippen LogP contribution in [-0.2, 0) is 0 Å². The number of hydrogen-bond acceptors (Lipinski definition) is 2. The molecule has 0 unspecified atom stereocenters. The molecule has 0 heterocycles. The fourth-order valence-electron chi connectivity index (χ4n) is 1.77. The van der Waals surface area contributed by atoms with Gasteiger partial charge in [-0.15, -0.1) is 0 Å². The summed E-state index contributed by atoms with van der Waals surface area (Å²) in [6.07, 6.45) is 0. The van der Waals surface area contributed by atoms with Gasteiger partial charge in [0.25, 0.3) is 0 Å². The second kappa shape index (κ2) is 6.28. The van der Waals surface area contributed by atoms with Gasteiger partial charge < -0.3 is 10.4 Å². The number of carboxylic acid groups (broad SMARTS) is 1. The molecule has 0 radical (unpaired) electrons. The number of carbonyl (C=O) groups is 2. The van der Waals surface area contributed by atoms with Gasteiger partial charge in [-0.05, 0) is 30.3 Å². The van der Waals surface area contributed by atoms with Crippen LogP contribution in [0.25, 0.3) is 0 Å². The third-order valence-corrected chi connectivity index (χ3v) is 3.14. The Morgan fingerprint density at radius 1 is 1.14 bits per heavy atom. The van der Waals surface area contributed by atoms with Crippen LogP contribution in [0.15, 0.2) is 48.5 Å². The second-order valence-electron chi connectivity index (χ2n) is 4.32. The predicted octanol–water partition coefficient (Wildman–Crippen LogP) is 3.71. The lowest BCUT2D eigenvalue weighted by atomic mass is 10.2. The highest BCUT2D eigenvalue weighted by atomic mass is 35.5. The molecule has 0 saturated carbocycles. The average Bonchev–Trinajstić information content (AvgIpc) is 2.47. The first kappa shape index (κ1) is 14.9. The summed E-state index contributed by atoms with van der Waals surface area (Å²) in [5.74, 6) is -1.13. The van der Waals surface area contributed by atoms with E-state index in [4.69, 9.17) is 16.7 Å². The summed E-state index contributed by atoms with van der Waals surface area (Å²) in [6.45, 7) is 0. The highest BCUT2D eigenvalue weighted by Crippen LogP contribution is 2.22. The number of aromatic carboxylic acids is 1. The zero-order chi connectivity index (χ0) is 15.4. The van der Waals surface area contributed by atoms with Crippen LogP contribution in [0.3, 0.4) is 0 Å². The van der Waals surface area contributed by atoms with Crippen LogP contribution >= 0.6 is 11.6 Å². The molecule has 0 aliphatic rings. The molecule has 0 aliphatic heterocycles. The summed E-state index contributed by atoms with van der Waals surface area (Å²) < 4.78 is 0. The van der Waals surface area contributed by atoms with E-state index < -0.39 is 12.0 Å². The van der Waals surface area contributed by atoms with E-state index in [0.29, 0.717) is 10.7 Å². The Bertz CT molecular complexity index is 674. The van der Waals surface area contributed by atoms with Gasteiger partial charge in [0.2, 0.25) is 0 Å². The predicted molar refractivity (Wildman–Crippen MR) is 82.3 cm³/mol. The van der Waals surface area contributed by atoms with Crippen LogP contribution in [0, 0.1) is 0 Å². The van der Waals surface area contributed by atoms with E-state index in [1.54, 1.807) is 31.3 Å². The zero-order valence-corrected chi connectivity index (χ0v) is 12.0. The molecular weight excluding hydrogens is 292 g/mol. The summed E-state index contributed by atoms with van der Waals surface area (Å²) >= 11 is 5.84. The second-order valence-corrected chi connectivity index (χ2v) is 4.76. The molecule has 0 aliphatic carbocycles. The third-order valence-electron chi connectivity index (χ3n) is 2.90. The molecule has 0 aromatic heterocycles. The van der Waals surface area contributed by atoms with Crippen molar-refractivity contribution in [3.63, 3.8) is 0 Å². The Kier molecular flexibility index (Phi) is 4.45. The highest BCUT2D eigenvalue weighted by molar-refractivity contribution is 6.31. The Labute approximate surface area is 126 Å². The van der Waals surface area contributed by atoms with Gasteiger partial charge in [0.1, 0.15) is 0 Å². The van der Waals surface area contributed by atoms with Crippen LogP contribution in [0.4, 0.5) is 16.2 Å². The van der Waals surface area contributed by atoms with E-state index in [9.17, 15) is 9.59 Å². The molecule has 0 bridgehead atoms. The van der Waals surface area contributed by atoms with Gasteiger partial charge in [-0.3, -0.25) is 4.90 Å². The summed E-state index contributed by atoms with van der Waals surface area (Å²) in [5, 5.41) is 12.0. The maximum absolute atomic E-state index is 12.2. The first-order valence-corrected chi connectivity index (χ1v) is 6.49. The number of anilines is 2. The number of carbonyl (C=O) groups excluding carboxylic acids is 1. The maximum Gasteiger partial charge on any atom is 0.337 e. The number of para-hydroxylation sites is 1. The molecule has 2 rings (SSSR count). The number of hydrogen-bond donors (Lipinski definition) is 2. The molecule has 6 heteroatoms. The SMILES string of the molecule is CN(C(=O)Nc1cc(Cl)ccc1C(=O)O)c1ccccc1. The fourth-order valence-corrected chi connectivity index (χ4v) is 1.95. The van der Waals surface area contributed by atoms with E-state index in [2.05, 4.69) is 5.32 Å². The minimum Gasteiger partial charge on any atom is -0.478 e. The number of amides is 2. The number of rotatable bonds is 3. The normalized spacial score (nSPS) is 10.0. The Morgan fingerprint density at radius 2 is 1.81 bits per heavy atom. The molecule has 2 amide bonds. The van der Waals surface area contributed by atoms with Crippen LogP contribution in [0.1, 0.15) is 10.4 Å². The van der Waals surface area contributed by atoms with E-state index in [1.165, 1.54) is 23.1 Å². The van der Waals surface area contributed by atoms with Gasteiger partial charge >= 0.3 is 12.0 Å². The van der Waals surface area contributed by atoms with Gasteiger partial charge in [-0.1, -0.05) is 29.8 Å². The van der Waals surface area contributed by atoms with Gasteiger partial charge in [0.15, 0.2) is 0 Å². The van der Waals surface area contributed by atoms with Crippen molar-refractivity contribution in [1.82, 2.24) is 0 Å². The Hall–Kier alpha value is -2.53. The van der Waals surface area contributed by atoms with Crippen LogP contribution in [0.2, 0.25) is 5.02 Å². The largest absolute Gasteiger partial charge is 0.478 e. The molecule has 2 aromatic rings. The molecule has 0 saturated heterocycles. The molecule has 21 heavy (non-hydrogen) atoms. The summed E-state index contributed by atoms with van der Waals surface area (Å²) in [4.78, 5) is 24.7. The van der Waals surface area contributed by atoms with E-state index >= 15 is 0 Å². The lowest BCUT2D eigenvalue weighted by Gasteiger charge is -2.18. The number of carboxylic acids is 1. The maximum atomic E-state index is 12.2. The van der Waals surface area contributed by atoms with Gasteiger partial charge in [0, 0.05) is 17.8 Å². The highest BCUT2D eigenvalue weighted by Gasteiger charge is 2.16. The van der Waals surface area contributed by atoms with Crippen molar-refractivity contribution in [2.45, 2.75) is 0 Å². The molecular formula is C15H13ClN2O3. The van der Waals surface area contributed by atoms with E-state index in [0.717, 1.165) is 0 Å². The molecule has 2 N–H and O–H groups in total. The molecule has 108 valence electrons. The van der Waals surface area contributed by atoms with Crippen LogP contribution < -0.4 is 10.2 Å². The number of urea groups is 1.